The number of carboxylic acids is 1. The van der Waals surface area contributed by atoms with E-state index in [2.05, 4.69) is 10.3 Å². The van der Waals surface area contributed by atoms with Crippen molar-refractivity contribution in [3.63, 3.8) is 0 Å². The second-order valence-corrected chi connectivity index (χ2v) is 4.97. The van der Waals surface area contributed by atoms with E-state index in [4.69, 9.17) is 9.84 Å². The van der Waals surface area contributed by atoms with E-state index < -0.39 is 11.2 Å². The highest BCUT2D eigenvalue weighted by atomic mass is 32.2. The van der Waals surface area contributed by atoms with Crippen molar-refractivity contribution in [3.8, 4) is 5.75 Å². The summed E-state index contributed by atoms with van der Waals surface area (Å²) in [5.41, 5.74) is 0.587. The largest absolute Gasteiger partial charge is 0.494 e. The molecule has 1 heterocycles. The van der Waals surface area contributed by atoms with Gasteiger partial charge in [0.25, 0.3) is 0 Å². The van der Waals surface area contributed by atoms with Crippen LogP contribution in [0.3, 0.4) is 0 Å². The monoisotopic (exact) mass is 280 g/mol. The first-order valence-corrected chi connectivity index (χ1v) is 6.39. The van der Waals surface area contributed by atoms with Crippen LogP contribution in [0.25, 0.3) is 0 Å². The molecule has 1 aliphatic heterocycles. The number of carbonyl (C=O) groups is 2. The highest BCUT2D eigenvalue weighted by Crippen LogP contribution is 2.30. The Balaban J connectivity index is 2.17. The van der Waals surface area contributed by atoms with Crippen LogP contribution in [0.1, 0.15) is 6.42 Å². The van der Waals surface area contributed by atoms with Gasteiger partial charge >= 0.3 is 5.97 Å². The SMILES string of the molecule is COc1ccccc1N=C1NC(=O)C(CC(=O)O)S1. The number of carbonyl (C=O) groups excluding carboxylic acids is 1. The molecule has 1 aliphatic rings. The molecule has 0 bridgehead atoms. The average molecular weight is 280 g/mol. The minimum atomic E-state index is -1.01. The number of carboxylic acid groups (broad SMARTS) is 1. The summed E-state index contributed by atoms with van der Waals surface area (Å²) in [6, 6.07) is 7.13. The first-order valence-electron chi connectivity index (χ1n) is 5.51. The van der Waals surface area contributed by atoms with Crippen molar-refractivity contribution in [2.24, 2.45) is 4.99 Å². The van der Waals surface area contributed by atoms with Gasteiger partial charge in [-0.25, -0.2) is 4.99 Å². The summed E-state index contributed by atoms with van der Waals surface area (Å²) in [7, 11) is 1.53. The van der Waals surface area contributed by atoms with Crippen molar-refractivity contribution >= 4 is 34.5 Å². The van der Waals surface area contributed by atoms with Crippen LogP contribution in [-0.4, -0.2) is 34.5 Å². The minimum absolute atomic E-state index is 0.221. The first kappa shape index (κ1) is 13.4. The van der Waals surface area contributed by atoms with E-state index in [9.17, 15) is 9.59 Å². The molecule has 1 fully saturated rings. The molecule has 1 aromatic rings. The second kappa shape index (κ2) is 5.75. The molecule has 2 N–H and O–H groups in total. The third kappa shape index (κ3) is 3.25. The summed E-state index contributed by atoms with van der Waals surface area (Å²) in [6.45, 7) is 0. The first-order chi connectivity index (χ1) is 9.10. The van der Waals surface area contributed by atoms with Crippen LogP contribution in [0.4, 0.5) is 5.69 Å². The number of para-hydroxylation sites is 2. The van der Waals surface area contributed by atoms with E-state index in [0.717, 1.165) is 11.8 Å². The van der Waals surface area contributed by atoms with E-state index in [1.54, 1.807) is 18.2 Å². The number of methoxy groups -OCH3 is 1. The fraction of sp³-hybridized carbons (Fsp3) is 0.250. The van der Waals surface area contributed by atoms with Gasteiger partial charge in [-0.2, -0.15) is 0 Å². The molecule has 1 saturated heterocycles. The molecule has 1 amide bonds. The molecule has 0 radical (unpaired) electrons. The quantitative estimate of drug-likeness (QED) is 0.870. The lowest BCUT2D eigenvalue weighted by atomic mass is 10.3. The second-order valence-electron chi connectivity index (χ2n) is 3.78. The van der Waals surface area contributed by atoms with Crippen molar-refractivity contribution in [3.05, 3.63) is 24.3 Å². The molecule has 0 aliphatic carbocycles. The van der Waals surface area contributed by atoms with Crippen molar-refractivity contribution < 1.29 is 19.4 Å². The number of nitrogens with zero attached hydrogens (tertiary/aromatic N) is 1. The third-order valence-electron chi connectivity index (χ3n) is 2.44. The van der Waals surface area contributed by atoms with Gasteiger partial charge in [0.15, 0.2) is 5.17 Å². The summed E-state index contributed by atoms with van der Waals surface area (Å²) in [6.07, 6.45) is -0.221. The zero-order valence-corrected chi connectivity index (χ0v) is 10.9. The number of amidine groups is 1. The summed E-state index contributed by atoms with van der Waals surface area (Å²) in [5, 5.41) is 11.0. The highest BCUT2D eigenvalue weighted by molar-refractivity contribution is 8.15. The predicted octanol–water partition coefficient (Wildman–Crippen LogP) is 1.39. The van der Waals surface area contributed by atoms with E-state index in [1.807, 2.05) is 6.07 Å². The van der Waals surface area contributed by atoms with Gasteiger partial charge in [0.1, 0.15) is 16.7 Å². The molecular weight excluding hydrogens is 268 g/mol. The van der Waals surface area contributed by atoms with Crippen molar-refractivity contribution in [2.75, 3.05) is 7.11 Å². The van der Waals surface area contributed by atoms with Crippen molar-refractivity contribution in [1.29, 1.82) is 0 Å². The molecule has 0 saturated carbocycles. The Morgan fingerprint density at radius 1 is 1.53 bits per heavy atom. The Morgan fingerprint density at radius 2 is 2.26 bits per heavy atom. The zero-order valence-electron chi connectivity index (χ0n) is 10.1. The number of thioether (sulfide) groups is 1. The summed E-state index contributed by atoms with van der Waals surface area (Å²) in [4.78, 5) is 26.4. The number of ether oxygens (including phenoxy) is 1. The van der Waals surface area contributed by atoms with Gasteiger partial charge in [-0.3, -0.25) is 9.59 Å². The maximum atomic E-state index is 11.6. The van der Waals surface area contributed by atoms with Crippen LogP contribution >= 0.6 is 11.8 Å². The smallest absolute Gasteiger partial charge is 0.305 e. The van der Waals surface area contributed by atoms with Crippen molar-refractivity contribution in [1.82, 2.24) is 5.32 Å². The fourth-order valence-electron chi connectivity index (χ4n) is 1.58. The van der Waals surface area contributed by atoms with Crippen LogP contribution in [-0.2, 0) is 9.59 Å². The number of hydrogen-bond acceptors (Lipinski definition) is 5. The lowest BCUT2D eigenvalue weighted by Crippen LogP contribution is -2.26. The lowest BCUT2D eigenvalue weighted by Gasteiger charge is -2.03. The molecule has 6 nitrogen and oxygen atoms in total. The number of amides is 1. The molecule has 0 aromatic heterocycles. The number of aliphatic carboxylic acids is 1. The maximum Gasteiger partial charge on any atom is 0.305 e. The van der Waals surface area contributed by atoms with Crippen LogP contribution in [0.15, 0.2) is 29.3 Å². The Hall–Kier alpha value is -2.02. The van der Waals surface area contributed by atoms with E-state index >= 15 is 0 Å². The summed E-state index contributed by atoms with van der Waals surface area (Å²) >= 11 is 1.11. The molecule has 1 unspecified atom stereocenters. The van der Waals surface area contributed by atoms with Gasteiger partial charge in [0, 0.05) is 0 Å². The van der Waals surface area contributed by atoms with Gasteiger partial charge in [-0.15, -0.1) is 0 Å². The van der Waals surface area contributed by atoms with Crippen LogP contribution in [0.5, 0.6) is 5.75 Å². The molecule has 0 spiro atoms. The third-order valence-corrected chi connectivity index (χ3v) is 3.53. The van der Waals surface area contributed by atoms with Crippen LogP contribution in [0, 0.1) is 0 Å². The fourth-order valence-corrected chi connectivity index (χ4v) is 2.55. The Morgan fingerprint density at radius 3 is 2.95 bits per heavy atom. The molecule has 2 rings (SSSR count). The summed E-state index contributed by atoms with van der Waals surface area (Å²) < 4.78 is 5.15. The van der Waals surface area contributed by atoms with E-state index in [0.29, 0.717) is 16.6 Å². The molecule has 1 aromatic carbocycles. The number of nitrogens with one attached hydrogen (secondary N) is 1. The molecule has 19 heavy (non-hydrogen) atoms. The number of hydrogen-bond donors (Lipinski definition) is 2. The van der Waals surface area contributed by atoms with Crippen LogP contribution < -0.4 is 10.1 Å². The molecule has 7 heteroatoms. The van der Waals surface area contributed by atoms with Gasteiger partial charge in [-0.05, 0) is 12.1 Å². The normalized spacial score (nSPS) is 20.4. The van der Waals surface area contributed by atoms with Gasteiger partial charge < -0.3 is 15.2 Å². The van der Waals surface area contributed by atoms with Crippen molar-refractivity contribution in [2.45, 2.75) is 11.7 Å². The van der Waals surface area contributed by atoms with Gasteiger partial charge in [0.2, 0.25) is 5.91 Å². The number of benzene rings is 1. The van der Waals surface area contributed by atoms with Gasteiger partial charge in [0.05, 0.1) is 13.5 Å². The Labute approximate surface area is 113 Å². The summed E-state index contributed by atoms with van der Waals surface area (Å²) in [5.74, 6) is -0.751. The number of aliphatic imine (C=N–C) groups is 1. The van der Waals surface area contributed by atoms with E-state index in [-0.39, 0.29) is 12.3 Å². The molecule has 100 valence electrons. The molecule has 1 atom stereocenters. The standard InChI is InChI=1S/C12H12N2O4S/c1-18-8-5-3-2-4-7(8)13-12-14-11(17)9(19-12)6-10(15)16/h2-5,9H,6H2,1H3,(H,15,16)(H,13,14,17). The Kier molecular flexibility index (Phi) is 4.06. The topological polar surface area (TPSA) is 88.0 Å². The van der Waals surface area contributed by atoms with Gasteiger partial charge in [-0.1, -0.05) is 23.9 Å². The maximum absolute atomic E-state index is 11.6. The Bertz CT molecular complexity index is 544. The van der Waals surface area contributed by atoms with Crippen LogP contribution in [0.2, 0.25) is 0 Å². The lowest BCUT2D eigenvalue weighted by molar-refractivity contribution is -0.138. The predicted molar refractivity (Wildman–Crippen MR) is 71.9 cm³/mol. The highest BCUT2D eigenvalue weighted by Gasteiger charge is 2.32. The molecular formula is C12H12N2O4S. The minimum Gasteiger partial charge on any atom is -0.494 e. The zero-order chi connectivity index (χ0) is 13.8. The van der Waals surface area contributed by atoms with E-state index in [1.165, 1.54) is 7.11 Å². The number of rotatable bonds is 4. The average Bonchev–Trinajstić information content (AvgIpc) is 2.69.